The molecule has 0 amide bonds. The molecule has 0 saturated carbocycles. The van der Waals surface area contributed by atoms with Gasteiger partial charge < -0.3 is 20.1 Å². The fraction of sp³-hybridized carbons (Fsp3) is 0.412. The van der Waals surface area contributed by atoms with Gasteiger partial charge in [0.25, 0.3) is 0 Å². The number of aliphatic imine (C=N–C) groups is 1. The molecule has 1 saturated heterocycles. The van der Waals surface area contributed by atoms with Crippen molar-refractivity contribution in [3.05, 3.63) is 46.8 Å². The number of anilines is 1. The molecule has 136 valence electrons. The molecule has 25 heavy (non-hydrogen) atoms. The average Bonchev–Trinajstić information content (AvgIpc) is 3.25. The van der Waals surface area contributed by atoms with Gasteiger partial charge >= 0.3 is 0 Å². The first-order valence-electron chi connectivity index (χ1n) is 8.19. The van der Waals surface area contributed by atoms with Crippen molar-refractivity contribution in [2.24, 2.45) is 4.99 Å². The summed E-state index contributed by atoms with van der Waals surface area (Å²) in [6.07, 6.45) is 2.66. The van der Waals surface area contributed by atoms with E-state index >= 15 is 0 Å². The van der Waals surface area contributed by atoms with Crippen LogP contribution in [0.2, 0.25) is 0 Å². The van der Waals surface area contributed by atoms with Crippen LogP contribution in [0.4, 0.5) is 5.69 Å². The van der Waals surface area contributed by atoms with Gasteiger partial charge in [0.1, 0.15) is 12.0 Å². The van der Waals surface area contributed by atoms with Crippen molar-refractivity contribution in [1.82, 2.24) is 15.8 Å². The smallest absolute Gasteiger partial charge is 0.191 e. The molecule has 1 aliphatic rings. The largest absolute Gasteiger partial charge is 0.369 e. The zero-order valence-electron chi connectivity index (χ0n) is 14.1. The number of halogens is 2. The number of guanidine groups is 1. The Morgan fingerprint density at radius 3 is 2.84 bits per heavy atom. The molecule has 1 aromatic heterocycles. The van der Waals surface area contributed by atoms with Gasteiger partial charge in [-0.3, -0.25) is 0 Å². The third-order valence-corrected chi connectivity index (χ3v) is 4.48. The molecule has 2 N–H and O–H groups in total. The Morgan fingerprint density at radius 2 is 2.16 bits per heavy atom. The normalized spacial score (nSPS) is 17.3. The molecule has 1 fully saturated rings. The predicted molar refractivity (Wildman–Crippen MR) is 115 cm³/mol. The lowest BCUT2D eigenvalue weighted by molar-refractivity contribution is 0.412. The molecule has 0 spiro atoms. The molecule has 3 rings (SSSR count). The number of hydrogen-bond acceptors (Lipinski definition) is 4. The summed E-state index contributed by atoms with van der Waals surface area (Å²) < 4.78 is 5.95. The lowest BCUT2D eigenvalue weighted by atomic mass is 10.3. The minimum atomic E-state index is 0. The van der Waals surface area contributed by atoms with Crippen molar-refractivity contribution in [2.45, 2.75) is 25.9 Å². The topological polar surface area (TPSA) is 65.7 Å². The van der Waals surface area contributed by atoms with E-state index in [1.54, 1.807) is 6.26 Å². The molecule has 1 aliphatic heterocycles. The summed E-state index contributed by atoms with van der Waals surface area (Å²) in [5.41, 5.74) is 2.09. The molecule has 8 heteroatoms. The summed E-state index contributed by atoms with van der Waals surface area (Å²) in [5, 5.41) is 10.7. The highest BCUT2D eigenvalue weighted by Gasteiger charge is 2.23. The van der Waals surface area contributed by atoms with Gasteiger partial charge in [-0.25, -0.2) is 4.99 Å². The van der Waals surface area contributed by atoms with E-state index in [4.69, 9.17) is 4.52 Å². The maximum Gasteiger partial charge on any atom is 0.191 e. The second kappa shape index (κ2) is 10.0. The molecule has 1 aromatic carbocycles. The second-order valence-electron chi connectivity index (χ2n) is 5.74. The van der Waals surface area contributed by atoms with Crippen LogP contribution in [0.25, 0.3) is 0 Å². The van der Waals surface area contributed by atoms with E-state index in [1.807, 2.05) is 6.07 Å². The zero-order valence-corrected chi connectivity index (χ0v) is 18.0. The van der Waals surface area contributed by atoms with Gasteiger partial charge in [-0.1, -0.05) is 21.1 Å². The molecule has 0 radical (unpaired) electrons. The van der Waals surface area contributed by atoms with Crippen LogP contribution < -0.4 is 15.5 Å². The molecular formula is C17H23BrIN5O. The molecule has 0 bridgehead atoms. The Hall–Kier alpha value is -1.29. The lowest BCUT2D eigenvalue weighted by Gasteiger charge is -2.20. The highest BCUT2D eigenvalue weighted by Crippen LogP contribution is 2.22. The van der Waals surface area contributed by atoms with Crippen LogP contribution in [0.15, 0.2) is 50.6 Å². The summed E-state index contributed by atoms with van der Waals surface area (Å²) in [6, 6.07) is 10.7. The Balaban J connectivity index is 0.00000225. The van der Waals surface area contributed by atoms with E-state index in [2.05, 4.69) is 72.8 Å². The molecule has 6 nitrogen and oxygen atoms in total. The van der Waals surface area contributed by atoms with Crippen LogP contribution in [0.3, 0.4) is 0 Å². The van der Waals surface area contributed by atoms with Gasteiger partial charge in [0.15, 0.2) is 5.96 Å². The third-order valence-electron chi connectivity index (χ3n) is 3.96. The second-order valence-corrected chi connectivity index (χ2v) is 6.65. The number of rotatable bonds is 5. The van der Waals surface area contributed by atoms with Gasteiger partial charge in [-0.15, -0.1) is 24.0 Å². The first-order chi connectivity index (χ1) is 11.7. The van der Waals surface area contributed by atoms with E-state index in [-0.39, 0.29) is 24.0 Å². The van der Waals surface area contributed by atoms with Crippen LogP contribution in [0, 0.1) is 0 Å². The zero-order chi connectivity index (χ0) is 16.8. The van der Waals surface area contributed by atoms with Crippen LogP contribution >= 0.6 is 39.9 Å². The quantitative estimate of drug-likeness (QED) is 0.360. The number of nitrogens with zero attached hydrogens (tertiary/aromatic N) is 3. The van der Waals surface area contributed by atoms with Crippen molar-refractivity contribution in [3.63, 3.8) is 0 Å². The first-order valence-corrected chi connectivity index (χ1v) is 8.98. The first kappa shape index (κ1) is 20.0. The van der Waals surface area contributed by atoms with Gasteiger partial charge in [-0.2, -0.15) is 0 Å². The number of nitrogens with one attached hydrogen (secondary N) is 2. The fourth-order valence-corrected chi connectivity index (χ4v) is 3.02. The number of benzene rings is 1. The summed E-state index contributed by atoms with van der Waals surface area (Å²) in [5.74, 6) is 0.822. The highest BCUT2D eigenvalue weighted by molar-refractivity contribution is 14.0. The molecule has 1 unspecified atom stereocenters. The van der Waals surface area contributed by atoms with E-state index < -0.39 is 0 Å². The van der Waals surface area contributed by atoms with Crippen molar-refractivity contribution in [2.75, 3.05) is 24.5 Å². The third kappa shape index (κ3) is 5.88. The van der Waals surface area contributed by atoms with Crippen molar-refractivity contribution < 1.29 is 4.52 Å². The van der Waals surface area contributed by atoms with Crippen LogP contribution in [-0.2, 0) is 6.54 Å². The minimum absolute atomic E-state index is 0. The van der Waals surface area contributed by atoms with E-state index in [0.29, 0.717) is 12.6 Å². The summed E-state index contributed by atoms with van der Waals surface area (Å²) >= 11 is 3.48. The molecule has 0 aliphatic carbocycles. The summed E-state index contributed by atoms with van der Waals surface area (Å²) in [7, 11) is 0. The standard InChI is InChI=1S/C17H22BrN5O.HI/c1-2-19-17(20-11-14-8-10-24-22-14)21-15-7-9-23(12-15)16-5-3-13(18)4-6-16;/h3-6,8,10,15H,2,7,9,11-12H2,1H3,(H2,19,20,21);1H. The van der Waals surface area contributed by atoms with E-state index in [1.165, 1.54) is 5.69 Å². The summed E-state index contributed by atoms with van der Waals surface area (Å²) in [4.78, 5) is 6.97. The molecule has 1 atom stereocenters. The molecule has 2 aromatic rings. The number of aromatic nitrogens is 1. The Kier molecular flexibility index (Phi) is 8.01. The Labute approximate surface area is 173 Å². The van der Waals surface area contributed by atoms with Crippen LogP contribution in [-0.4, -0.2) is 36.8 Å². The van der Waals surface area contributed by atoms with Gasteiger partial charge in [0, 0.05) is 41.9 Å². The average molecular weight is 520 g/mol. The predicted octanol–water partition coefficient (Wildman–Crippen LogP) is 3.39. The summed E-state index contributed by atoms with van der Waals surface area (Å²) in [6.45, 7) is 5.41. The van der Waals surface area contributed by atoms with Crippen LogP contribution in [0.5, 0.6) is 0 Å². The van der Waals surface area contributed by atoms with Crippen LogP contribution in [0.1, 0.15) is 19.0 Å². The van der Waals surface area contributed by atoms with E-state index in [0.717, 1.165) is 42.2 Å². The van der Waals surface area contributed by atoms with Gasteiger partial charge in [-0.05, 0) is 37.6 Å². The monoisotopic (exact) mass is 519 g/mol. The Bertz CT molecular complexity index is 662. The fourth-order valence-electron chi connectivity index (χ4n) is 2.76. The number of hydrogen-bond donors (Lipinski definition) is 2. The minimum Gasteiger partial charge on any atom is -0.369 e. The van der Waals surface area contributed by atoms with E-state index in [9.17, 15) is 0 Å². The highest BCUT2D eigenvalue weighted by atomic mass is 127. The van der Waals surface area contributed by atoms with Crippen molar-refractivity contribution >= 4 is 51.6 Å². The lowest BCUT2D eigenvalue weighted by Crippen LogP contribution is -2.44. The SMILES string of the molecule is CCNC(=NCc1ccon1)NC1CCN(c2ccc(Br)cc2)C1.I. The Morgan fingerprint density at radius 1 is 1.36 bits per heavy atom. The van der Waals surface area contributed by atoms with Gasteiger partial charge in [0.2, 0.25) is 0 Å². The van der Waals surface area contributed by atoms with Crippen molar-refractivity contribution in [1.29, 1.82) is 0 Å². The molecule has 2 heterocycles. The van der Waals surface area contributed by atoms with Gasteiger partial charge in [0.05, 0.1) is 6.54 Å². The van der Waals surface area contributed by atoms with Crippen molar-refractivity contribution in [3.8, 4) is 0 Å². The maximum absolute atomic E-state index is 4.84. The molecular weight excluding hydrogens is 497 g/mol. The maximum atomic E-state index is 4.84.